The van der Waals surface area contributed by atoms with Gasteiger partial charge in [-0.1, -0.05) is 11.8 Å². The molecule has 1 heterocycles. The Balaban J connectivity index is 2.28. The smallest absolute Gasteiger partial charge is 0.267 e. The topological polar surface area (TPSA) is 39.8 Å². The van der Waals surface area contributed by atoms with Gasteiger partial charge in [0.25, 0.3) is 0 Å². The molecule has 6 heteroatoms. The van der Waals surface area contributed by atoms with Gasteiger partial charge in [0.05, 0.1) is 0 Å². The van der Waals surface area contributed by atoms with Gasteiger partial charge < -0.3 is 0 Å². The summed E-state index contributed by atoms with van der Waals surface area (Å²) in [5.74, 6) is 1.38. The van der Waals surface area contributed by atoms with Crippen molar-refractivity contribution in [2.45, 2.75) is 24.0 Å². The van der Waals surface area contributed by atoms with E-state index in [1.807, 2.05) is 0 Å². The minimum Gasteiger partial charge on any atom is -0.267 e. The van der Waals surface area contributed by atoms with Crippen molar-refractivity contribution in [3.63, 3.8) is 0 Å². The molecule has 1 aliphatic carbocycles. The fraction of sp³-hybridized carbons (Fsp3) is 0.750. The molecule has 1 fully saturated rings. The van der Waals surface area contributed by atoms with Gasteiger partial charge in [0, 0.05) is 24.7 Å². The summed E-state index contributed by atoms with van der Waals surface area (Å²) in [7, 11) is 1.69. The average Bonchev–Trinajstić information content (AvgIpc) is 2.94. The first kappa shape index (κ1) is 10.1. The van der Waals surface area contributed by atoms with E-state index in [0.717, 1.165) is 23.8 Å². The van der Waals surface area contributed by atoms with Crippen molar-refractivity contribution in [3.05, 3.63) is 10.5 Å². The van der Waals surface area contributed by atoms with Crippen molar-refractivity contribution in [2.24, 2.45) is 7.05 Å². The zero-order chi connectivity index (χ0) is 10.1. The summed E-state index contributed by atoms with van der Waals surface area (Å²) in [6, 6.07) is 0.383. The summed E-state index contributed by atoms with van der Waals surface area (Å²) in [6.45, 7) is 0. The summed E-state index contributed by atoms with van der Waals surface area (Å²) in [5.41, 5.74) is -0.00966. The molecule has 14 heavy (non-hydrogen) atoms. The molecular formula is C8H12ClN3OS. The maximum Gasteiger partial charge on any atom is 0.346 e. The average molecular weight is 234 g/mol. The zero-order valence-corrected chi connectivity index (χ0v) is 9.51. The van der Waals surface area contributed by atoms with Crippen LogP contribution in [-0.2, 0) is 7.05 Å². The fourth-order valence-corrected chi connectivity index (χ4v) is 2.37. The minimum absolute atomic E-state index is 0.00966. The van der Waals surface area contributed by atoms with Crippen LogP contribution in [0.5, 0.6) is 0 Å². The van der Waals surface area contributed by atoms with Crippen molar-refractivity contribution in [1.29, 1.82) is 0 Å². The van der Waals surface area contributed by atoms with E-state index in [1.54, 1.807) is 23.4 Å². The maximum atomic E-state index is 11.7. The second kappa shape index (κ2) is 3.98. The van der Waals surface area contributed by atoms with E-state index in [1.165, 1.54) is 4.68 Å². The molecule has 0 atom stereocenters. The molecule has 78 valence electrons. The number of aryl methyl sites for hydroxylation is 1. The predicted octanol–water partition coefficient (Wildman–Crippen LogP) is 1.25. The fourth-order valence-electron chi connectivity index (χ4n) is 1.33. The third kappa shape index (κ3) is 1.83. The molecule has 1 saturated carbocycles. The standard InChI is InChI=1S/C8H12ClN3OS/c1-11-8(13)12(6-2-3-6)7(10-11)14-5-4-9/h6H,2-5H2,1H3. The number of hydrogen-bond donors (Lipinski definition) is 0. The van der Waals surface area contributed by atoms with Gasteiger partial charge in [0.1, 0.15) is 0 Å². The summed E-state index contributed by atoms with van der Waals surface area (Å²) < 4.78 is 3.19. The molecule has 0 saturated heterocycles. The molecule has 0 unspecified atom stereocenters. The first-order chi connectivity index (χ1) is 6.74. The molecule has 0 N–H and O–H groups in total. The van der Waals surface area contributed by atoms with Gasteiger partial charge in [-0.25, -0.2) is 9.48 Å². The lowest BCUT2D eigenvalue weighted by Gasteiger charge is -2.00. The molecule has 4 nitrogen and oxygen atoms in total. The van der Waals surface area contributed by atoms with Gasteiger partial charge in [-0.05, 0) is 12.8 Å². The highest BCUT2D eigenvalue weighted by Crippen LogP contribution is 2.36. The number of rotatable bonds is 4. The van der Waals surface area contributed by atoms with Gasteiger partial charge in [-0.15, -0.1) is 16.7 Å². The van der Waals surface area contributed by atoms with Crippen LogP contribution in [0.15, 0.2) is 9.95 Å². The molecular weight excluding hydrogens is 222 g/mol. The van der Waals surface area contributed by atoms with Crippen molar-refractivity contribution in [2.75, 3.05) is 11.6 Å². The molecule has 1 aromatic rings. The Bertz CT molecular complexity index is 382. The van der Waals surface area contributed by atoms with Crippen LogP contribution in [0.1, 0.15) is 18.9 Å². The van der Waals surface area contributed by atoms with Gasteiger partial charge in [-0.3, -0.25) is 4.57 Å². The Morgan fingerprint density at radius 3 is 2.93 bits per heavy atom. The van der Waals surface area contributed by atoms with Crippen LogP contribution in [0.4, 0.5) is 0 Å². The second-order valence-electron chi connectivity index (χ2n) is 3.33. The van der Waals surface area contributed by atoms with Crippen LogP contribution in [0.3, 0.4) is 0 Å². The van der Waals surface area contributed by atoms with Gasteiger partial charge in [0.15, 0.2) is 5.16 Å². The normalized spacial score (nSPS) is 16.1. The first-order valence-electron chi connectivity index (χ1n) is 4.58. The van der Waals surface area contributed by atoms with Gasteiger partial charge in [0.2, 0.25) is 0 Å². The number of nitrogens with zero attached hydrogens (tertiary/aromatic N) is 3. The lowest BCUT2D eigenvalue weighted by Crippen LogP contribution is -2.22. The molecule has 0 bridgehead atoms. The minimum atomic E-state index is -0.00966. The third-order valence-corrected chi connectivity index (χ3v) is 3.50. The van der Waals surface area contributed by atoms with Crippen LogP contribution in [0.25, 0.3) is 0 Å². The maximum absolute atomic E-state index is 11.7. The Kier molecular flexibility index (Phi) is 2.88. The van der Waals surface area contributed by atoms with E-state index in [4.69, 9.17) is 11.6 Å². The summed E-state index contributed by atoms with van der Waals surface area (Å²) >= 11 is 7.15. The number of thioether (sulfide) groups is 1. The number of aromatic nitrogens is 3. The predicted molar refractivity (Wildman–Crippen MR) is 57.2 cm³/mol. The van der Waals surface area contributed by atoms with E-state index in [-0.39, 0.29) is 5.69 Å². The van der Waals surface area contributed by atoms with Crippen LogP contribution in [0, 0.1) is 0 Å². The number of halogens is 1. The van der Waals surface area contributed by atoms with Crippen LogP contribution < -0.4 is 5.69 Å². The Labute approximate surface area is 91.2 Å². The summed E-state index contributed by atoms with van der Waals surface area (Å²) in [4.78, 5) is 11.7. The molecule has 1 aromatic heterocycles. The molecule has 0 spiro atoms. The monoisotopic (exact) mass is 233 g/mol. The van der Waals surface area contributed by atoms with E-state index in [2.05, 4.69) is 5.10 Å². The highest BCUT2D eigenvalue weighted by atomic mass is 35.5. The van der Waals surface area contributed by atoms with Crippen molar-refractivity contribution in [3.8, 4) is 0 Å². The molecule has 0 radical (unpaired) electrons. The van der Waals surface area contributed by atoms with E-state index in [9.17, 15) is 4.79 Å². The number of hydrogen-bond acceptors (Lipinski definition) is 3. The molecule has 1 aliphatic rings. The quantitative estimate of drug-likeness (QED) is 0.581. The molecule has 2 rings (SSSR count). The molecule has 0 aliphatic heterocycles. The highest BCUT2D eigenvalue weighted by Gasteiger charge is 2.29. The van der Waals surface area contributed by atoms with Gasteiger partial charge in [-0.2, -0.15) is 0 Å². The highest BCUT2D eigenvalue weighted by molar-refractivity contribution is 7.99. The molecule has 0 aromatic carbocycles. The van der Waals surface area contributed by atoms with E-state index >= 15 is 0 Å². The number of alkyl halides is 1. The summed E-state index contributed by atoms with van der Waals surface area (Å²) in [6.07, 6.45) is 2.19. The van der Waals surface area contributed by atoms with Gasteiger partial charge >= 0.3 is 5.69 Å². The Morgan fingerprint density at radius 2 is 2.36 bits per heavy atom. The third-order valence-electron chi connectivity index (χ3n) is 2.14. The Hall–Kier alpha value is -0.420. The first-order valence-corrected chi connectivity index (χ1v) is 6.10. The van der Waals surface area contributed by atoms with Crippen LogP contribution in [0.2, 0.25) is 0 Å². The van der Waals surface area contributed by atoms with Crippen molar-refractivity contribution >= 4 is 23.4 Å². The van der Waals surface area contributed by atoms with Crippen LogP contribution >= 0.6 is 23.4 Å². The lowest BCUT2D eigenvalue weighted by atomic mass is 10.7. The van der Waals surface area contributed by atoms with E-state index < -0.39 is 0 Å². The second-order valence-corrected chi connectivity index (χ2v) is 4.77. The van der Waals surface area contributed by atoms with Crippen molar-refractivity contribution < 1.29 is 0 Å². The van der Waals surface area contributed by atoms with Crippen LogP contribution in [-0.4, -0.2) is 26.0 Å². The SMILES string of the molecule is Cn1nc(SCCCl)n(C2CC2)c1=O. The largest absolute Gasteiger partial charge is 0.346 e. The Morgan fingerprint density at radius 1 is 1.64 bits per heavy atom. The summed E-state index contributed by atoms with van der Waals surface area (Å²) in [5, 5.41) is 4.99. The molecule has 0 amide bonds. The van der Waals surface area contributed by atoms with E-state index in [0.29, 0.717) is 11.9 Å². The zero-order valence-electron chi connectivity index (χ0n) is 7.94. The lowest BCUT2D eigenvalue weighted by molar-refractivity contribution is 0.637. The van der Waals surface area contributed by atoms with Crippen molar-refractivity contribution in [1.82, 2.24) is 14.3 Å².